The predicted molar refractivity (Wildman–Crippen MR) is 15.9 cm³/mol. The van der Waals surface area contributed by atoms with Gasteiger partial charge in [0.2, 0.25) is 0 Å². The molecule has 0 unspecified atom stereocenters. The lowest BCUT2D eigenvalue weighted by Crippen LogP contribution is -2.08. The van der Waals surface area contributed by atoms with Crippen LogP contribution in [0.2, 0.25) is 0 Å². The van der Waals surface area contributed by atoms with Crippen molar-refractivity contribution < 1.29 is 10.0 Å². The molecule has 0 aliphatic heterocycles. The molecule has 0 aliphatic carbocycles. The van der Waals surface area contributed by atoms with E-state index < -0.39 is 7.01 Å². The van der Waals surface area contributed by atoms with Crippen molar-refractivity contribution in [3.05, 3.63) is 0 Å². The SMILES string of the molecule is [B]B(O)O. The van der Waals surface area contributed by atoms with Crippen molar-refractivity contribution in [3.8, 4) is 0 Å². The molecule has 2 radical (unpaired) electrons. The van der Waals surface area contributed by atoms with Crippen molar-refractivity contribution in [1.29, 1.82) is 0 Å². The minimum absolute atomic E-state index is 1.67. The van der Waals surface area contributed by atoms with Crippen LogP contribution in [0.1, 0.15) is 0 Å². The Bertz CT molecular complexity index is 8.75. The summed E-state index contributed by atoms with van der Waals surface area (Å²) in [6.07, 6.45) is 0. The van der Waals surface area contributed by atoms with Crippen LogP contribution >= 0.6 is 0 Å². The summed E-state index contributed by atoms with van der Waals surface area (Å²) < 4.78 is 0. The van der Waals surface area contributed by atoms with E-state index in [-0.39, 0.29) is 0 Å². The molecule has 0 aromatic heterocycles. The molecule has 0 saturated heterocycles. The zero-order valence-corrected chi connectivity index (χ0v) is 2.05. The summed E-state index contributed by atoms with van der Waals surface area (Å²) in [5, 5.41) is 14.8. The van der Waals surface area contributed by atoms with Gasteiger partial charge in [-0.3, -0.25) is 0 Å². The molecule has 0 aromatic carbocycles. The topological polar surface area (TPSA) is 40.5 Å². The van der Waals surface area contributed by atoms with Gasteiger partial charge in [0.15, 0.2) is 0 Å². The molecule has 4 heteroatoms. The van der Waals surface area contributed by atoms with Gasteiger partial charge in [0.25, 0.3) is 0 Å². The fourth-order valence-electron chi connectivity index (χ4n) is 0. The van der Waals surface area contributed by atoms with Crippen LogP contribution < -0.4 is 0 Å². The monoisotopic (exact) mass is 56.0 g/mol. The lowest BCUT2D eigenvalue weighted by Gasteiger charge is -1.72. The van der Waals surface area contributed by atoms with E-state index in [2.05, 4.69) is 7.74 Å². The Labute approximate surface area is 26.0 Å². The second kappa shape index (κ2) is 1.38. The molecule has 0 bridgehead atoms. The molecular weight excluding hydrogens is 53.6 g/mol. The van der Waals surface area contributed by atoms with Crippen molar-refractivity contribution in [3.63, 3.8) is 0 Å². The van der Waals surface area contributed by atoms with Crippen molar-refractivity contribution >= 4 is 14.7 Å². The zero-order chi connectivity index (χ0) is 3.58. The van der Waals surface area contributed by atoms with E-state index in [1.54, 1.807) is 0 Å². The standard InChI is InChI=1S/B2H2O2/c1-2(3)4/h3-4H. The molecule has 2 N–H and O–H groups in total. The van der Waals surface area contributed by atoms with Crippen molar-refractivity contribution in [2.24, 2.45) is 0 Å². The second-order valence-electron chi connectivity index (χ2n) is 0.414. The number of rotatable bonds is 0. The van der Waals surface area contributed by atoms with Crippen LogP contribution in [-0.4, -0.2) is 24.8 Å². The van der Waals surface area contributed by atoms with Crippen molar-refractivity contribution in [2.45, 2.75) is 0 Å². The molecule has 4 heavy (non-hydrogen) atoms. The summed E-state index contributed by atoms with van der Waals surface area (Å²) in [6.45, 7) is 0. The van der Waals surface area contributed by atoms with E-state index in [4.69, 9.17) is 10.0 Å². The van der Waals surface area contributed by atoms with Gasteiger partial charge < -0.3 is 10.0 Å². The number of hydrogen-bond acceptors (Lipinski definition) is 2. The van der Waals surface area contributed by atoms with Crippen molar-refractivity contribution in [1.82, 2.24) is 0 Å². The fraction of sp³-hybridized carbons (Fsp3) is 0. The number of hydrogen-bond donors (Lipinski definition) is 2. The van der Waals surface area contributed by atoms with Crippen LogP contribution in [0, 0.1) is 0 Å². The molecule has 0 saturated carbocycles. The highest BCUT2D eigenvalue weighted by Crippen LogP contribution is 1.38. The minimum Gasteiger partial charge on any atom is -0.434 e. The van der Waals surface area contributed by atoms with Gasteiger partial charge in [-0.1, -0.05) is 0 Å². The molecule has 20 valence electrons. The van der Waals surface area contributed by atoms with E-state index in [1.807, 2.05) is 0 Å². The smallest absolute Gasteiger partial charge is 0.381 e. The molecule has 0 heterocycles. The molecule has 0 fully saturated rings. The van der Waals surface area contributed by atoms with Gasteiger partial charge in [-0.05, 0) is 0 Å². The first-order chi connectivity index (χ1) is 1.73. The molecule has 0 atom stereocenters. The first-order valence-corrected chi connectivity index (χ1v) is 0.850. The third-order valence-electron chi connectivity index (χ3n) is 0. The second-order valence-corrected chi connectivity index (χ2v) is 0.414. The van der Waals surface area contributed by atoms with Crippen LogP contribution in [0.5, 0.6) is 0 Å². The average Bonchev–Trinajstić information content (AvgIpc) is 0.811. The van der Waals surface area contributed by atoms with Crippen LogP contribution in [-0.2, 0) is 0 Å². The van der Waals surface area contributed by atoms with Gasteiger partial charge in [0.1, 0.15) is 7.74 Å². The van der Waals surface area contributed by atoms with Crippen LogP contribution in [0.4, 0.5) is 0 Å². The van der Waals surface area contributed by atoms with E-state index in [0.717, 1.165) is 0 Å². The Kier molecular flexibility index (Phi) is 1.39. The maximum absolute atomic E-state index is 7.39. The third kappa shape index (κ3) is 908. The molecule has 0 rings (SSSR count). The fourth-order valence-corrected chi connectivity index (χ4v) is 0. The average molecular weight is 55.6 g/mol. The van der Waals surface area contributed by atoms with Gasteiger partial charge in [-0.2, -0.15) is 0 Å². The Hall–Kier alpha value is 0.0499. The van der Waals surface area contributed by atoms with Gasteiger partial charge in [0, 0.05) is 0 Å². The summed E-state index contributed by atoms with van der Waals surface area (Å²) in [5.74, 6) is 0. The third-order valence-corrected chi connectivity index (χ3v) is 0. The molecule has 2 nitrogen and oxygen atoms in total. The Balaban J connectivity index is 2.32. The highest BCUT2D eigenvalue weighted by Gasteiger charge is 1.84. The normalized spacial score (nSPS) is 6.50. The maximum Gasteiger partial charge on any atom is 0.381 e. The molecular formula is H2B2O2. The van der Waals surface area contributed by atoms with Crippen LogP contribution in [0.3, 0.4) is 0 Å². The zero-order valence-electron chi connectivity index (χ0n) is 2.05. The molecule has 0 aromatic rings. The minimum atomic E-state index is -1.67. The Morgan fingerprint density at radius 2 is 1.50 bits per heavy atom. The van der Waals surface area contributed by atoms with Gasteiger partial charge in [-0.25, -0.2) is 0 Å². The van der Waals surface area contributed by atoms with Gasteiger partial charge in [-0.15, -0.1) is 0 Å². The molecule has 0 spiro atoms. The highest BCUT2D eigenvalue weighted by atomic mass is 16.4. The summed E-state index contributed by atoms with van der Waals surface area (Å²) in [4.78, 5) is 0. The van der Waals surface area contributed by atoms with Crippen LogP contribution in [0.15, 0.2) is 0 Å². The van der Waals surface area contributed by atoms with E-state index >= 15 is 0 Å². The summed E-state index contributed by atoms with van der Waals surface area (Å²) in [5.41, 5.74) is 0. The summed E-state index contributed by atoms with van der Waals surface area (Å²) in [6, 6.07) is 0. The quantitative estimate of drug-likeness (QED) is 0.319. The highest BCUT2D eigenvalue weighted by molar-refractivity contribution is 6.93. The lowest BCUT2D eigenvalue weighted by atomic mass is 9.64. The summed E-state index contributed by atoms with van der Waals surface area (Å²) >= 11 is 0. The van der Waals surface area contributed by atoms with E-state index in [0.29, 0.717) is 0 Å². The first-order valence-electron chi connectivity index (χ1n) is 0.850. The van der Waals surface area contributed by atoms with Gasteiger partial charge in [0.05, 0.1) is 0 Å². The first kappa shape index (κ1) is 4.05. The maximum atomic E-state index is 7.39. The van der Waals surface area contributed by atoms with Crippen LogP contribution in [0.25, 0.3) is 0 Å². The predicted octanol–water partition coefficient (Wildman–Crippen LogP) is -1.88. The largest absolute Gasteiger partial charge is 0.434 e. The van der Waals surface area contributed by atoms with Crippen molar-refractivity contribution in [2.75, 3.05) is 0 Å². The van der Waals surface area contributed by atoms with E-state index in [1.165, 1.54) is 0 Å². The lowest BCUT2D eigenvalue weighted by molar-refractivity contribution is 0.435. The molecule has 0 aliphatic rings. The Morgan fingerprint density at radius 1 is 1.50 bits per heavy atom. The Morgan fingerprint density at radius 3 is 1.50 bits per heavy atom. The summed E-state index contributed by atoms with van der Waals surface area (Å²) in [7, 11) is 2.56. The van der Waals surface area contributed by atoms with Gasteiger partial charge >= 0.3 is 7.01 Å². The molecule has 0 amide bonds. The van der Waals surface area contributed by atoms with E-state index in [9.17, 15) is 0 Å².